The molecule has 0 spiro atoms. The van der Waals surface area contributed by atoms with Gasteiger partial charge in [-0.15, -0.1) is 0 Å². The van der Waals surface area contributed by atoms with Crippen LogP contribution in [0.2, 0.25) is 18.1 Å². The van der Waals surface area contributed by atoms with Crippen molar-refractivity contribution in [1.82, 2.24) is 14.9 Å². The summed E-state index contributed by atoms with van der Waals surface area (Å²) in [7, 11) is 0.0151. The number of carbonyl (C=O) groups excluding carboxylic acids is 1. The van der Waals surface area contributed by atoms with Gasteiger partial charge in [-0.1, -0.05) is 20.8 Å². The normalized spacial score (nSPS) is 12.6. The fourth-order valence-corrected chi connectivity index (χ4v) is 3.80. The second-order valence-electron chi connectivity index (χ2n) is 10.4. The first-order valence-electron chi connectivity index (χ1n) is 10.9. The van der Waals surface area contributed by atoms with Crippen LogP contribution in [0.25, 0.3) is 0 Å². The van der Waals surface area contributed by atoms with Crippen molar-refractivity contribution in [2.75, 3.05) is 38.2 Å². The minimum Gasteiger partial charge on any atom is -0.444 e. The molecule has 0 aromatic carbocycles. The Morgan fingerprint density at radius 1 is 1.03 bits per heavy atom. The molecule has 0 bridgehead atoms. The van der Waals surface area contributed by atoms with Crippen molar-refractivity contribution in [1.29, 1.82) is 0 Å². The molecule has 178 valence electrons. The third-order valence-corrected chi connectivity index (χ3v) is 10.3. The second kappa shape index (κ2) is 11.6. The van der Waals surface area contributed by atoms with E-state index in [9.17, 15) is 4.79 Å². The minimum absolute atomic E-state index is 0.202. The molecule has 0 aliphatic heterocycles. The number of hydrogen-bond donors (Lipinski definition) is 0. The zero-order valence-electron chi connectivity index (χ0n) is 20.8. The van der Waals surface area contributed by atoms with Gasteiger partial charge in [0.25, 0.3) is 0 Å². The van der Waals surface area contributed by atoms with Crippen LogP contribution < -0.4 is 4.90 Å². The standard InChI is InChI=1S/C22H41BrN4O3Si/c1-21(2,3)30-20(28)26(7)12-10-13-27(19-24-16-18(23)17-25-19)14-11-15-29-31(8,9)22(4,5)6/h16-17H,10-15H2,1-9H3. The van der Waals surface area contributed by atoms with Crippen LogP contribution in [0, 0.1) is 0 Å². The van der Waals surface area contributed by atoms with Crippen LogP contribution in [-0.4, -0.2) is 68.2 Å². The Hall–Kier alpha value is -1.19. The zero-order valence-corrected chi connectivity index (χ0v) is 23.4. The van der Waals surface area contributed by atoms with Crippen LogP contribution in [0.15, 0.2) is 16.9 Å². The molecule has 1 heterocycles. The topological polar surface area (TPSA) is 67.8 Å². The summed E-state index contributed by atoms with van der Waals surface area (Å²) in [4.78, 5) is 24.9. The van der Waals surface area contributed by atoms with Crippen molar-refractivity contribution in [3.05, 3.63) is 16.9 Å². The number of amides is 1. The quantitative estimate of drug-likeness (QED) is 0.292. The first kappa shape index (κ1) is 27.8. The molecule has 1 rings (SSSR count). The van der Waals surface area contributed by atoms with E-state index in [0.717, 1.165) is 37.0 Å². The SMILES string of the molecule is CN(CCCN(CCCO[Si](C)(C)C(C)(C)C)c1ncc(Br)cn1)C(=O)OC(C)(C)C. The smallest absolute Gasteiger partial charge is 0.410 e. The van der Waals surface area contributed by atoms with Crippen LogP contribution in [-0.2, 0) is 9.16 Å². The van der Waals surface area contributed by atoms with E-state index in [1.807, 2.05) is 20.8 Å². The van der Waals surface area contributed by atoms with Crippen molar-refractivity contribution in [2.24, 2.45) is 0 Å². The van der Waals surface area contributed by atoms with Gasteiger partial charge in [0.05, 0.1) is 4.47 Å². The highest BCUT2D eigenvalue weighted by atomic mass is 79.9. The van der Waals surface area contributed by atoms with E-state index >= 15 is 0 Å². The van der Waals surface area contributed by atoms with E-state index in [4.69, 9.17) is 9.16 Å². The number of nitrogens with zero attached hydrogens (tertiary/aromatic N) is 4. The molecular weight excluding hydrogens is 476 g/mol. The van der Waals surface area contributed by atoms with Crippen LogP contribution >= 0.6 is 15.9 Å². The van der Waals surface area contributed by atoms with Crippen molar-refractivity contribution < 1.29 is 14.0 Å². The maximum absolute atomic E-state index is 12.2. The van der Waals surface area contributed by atoms with E-state index in [1.54, 1.807) is 24.3 Å². The third-order valence-electron chi connectivity index (χ3n) is 5.36. The Labute approximate surface area is 198 Å². The average molecular weight is 518 g/mol. The summed E-state index contributed by atoms with van der Waals surface area (Å²) < 4.78 is 12.6. The van der Waals surface area contributed by atoms with E-state index in [-0.39, 0.29) is 11.1 Å². The van der Waals surface area contributed by atoms with Gasteiger partial charge in [0.1, 0.15) is 5.60 Å². The Bertz CT molecular complexity index is 687. The number of halogens is 1. The molecule has 0 atom stereocenters. The summed E-state index contributed by atoms with van der Waals surface area (Å²) in [6.45, 7) is 19.8. The summed E-state index contributed by atoms with van der Waals surface area (Å²) in [5.41, 5.74) is -0.493. The van der Waals surface area contributed by atoms with Gasteiger partial charge >= 0.3 is 6.09 Å². The first-order valence-corrected chi connectivity index (χ1v) is 14.6. The Balaban J connectivity index is 2.63. The van der Waals surface area contributed by atoms with E-state index in [0.29, 0.717) is 12.5 Å². The van der Waals surface area contributed by atoms with Crippen molar-refractivity contribution in [3.8, 4) is 0 Å². The molecule has 0 saturated heterocycles. The number of ether oxygens (including phenoxy) is 1. The maximum Gasteiger partial charge on any atom is 0.410 e. The predicted molar refractivity (Wildman–Crippen MR) is 133 cm³/mol. The van der Waals surface area contributed by atoms with Crippen LogP contribution in [0.4, 0.5) is 10.7 Å². The molecule has 9 heteroatoms. The molecule has 0 aliphatic carbocycles. The first-order chi connectivity index (χ1) is 14.1. The van der Waals surface area contributed by atoms with E-state index in [2.05, 4.69) is 64.7 Å². The summed E-state index contributed by atoms with van der Waals surface area (Å²) in [5.74, 6) is 0.690. The molecule has 1 aromatic rings. The molecular formula is C22H41BrN4O3Si. The lowest BCUT2D eigenvalue weighted by atomic mass is 10.2. The van der Waals surface area contributed by atoms with Crippen LogP contribution in [0.3, 0.4) is 0 Å². The fraction of sp³-hybridized carbons (Fsp3) is 0.773. The highest BCUT2D eigenvalue weighted by Gasteiger charge is 2.36. The van der Waals surface area contributed by atoms with Gasteiger partial charge in [-0.05, 0) is 67.7 Å². The van der Waals surface area contributed by atoms with Crippen LogP contribution in [0.1, 0.15) is 54.4 Å². The number of hydrogen-bond acceptors (Lipinski definition) is 6. The molecule has 7 nitrogen and oxygen atoms in total. The maximum atomic E-state index is 12.2. The average Bonchev–Trinajstić information content (AvgIpc) is 2.62. The molecule has 0 radical (unpaired) electrons. The van der Waals surface area contributed by atoms with Gasteiger partial charge in [0.2, 0.25) is 5.95 Å². The zero-order chi connectivity index (χ0) is 23.9. The number of rotatable bonds is 10. The largest absolute Gasteiger partial charge is 0.444 e. The molecule has 0 N–H and O–H groups in total. The number of aromatic nitrogens is 2. The Morgan fingerprint density at radius 3 is 2.10 bits per heavy atom. The lowest BCUT2D eigenvalue weighted by molar-refractivity contribution is 0.0298. The summed E-state index contributed by atoms with van der Waals surface area (Å²) in [6.07, 6.45) is 4.90. The second-order valence-corrected chi connectivity index (χ2v) is 16.1. The molecule has 0 aliphatic rings. The van der Waals surface area contributed by atoms with E-state index in [1.165, 1.54) is 0 Å². The lowest BCUT2D eigenvalue weighted by Crippen LogP contribution is -2.41. The van der Waals surface area contributed by atoms with Gasteiger partial charge in [-0.25, -0.2) is 14.8 Å². The van der Waals surface area contributed by atoms with Crippen molar-refractivity contribution >= 4 is 36.3 Å². The van der Waals surface area contributed by atoms with Crippen molar-refractivity contribution in [3.63, 3.8) is 0 Å². The fourth-order valence-electron chi connectivity index (χ4n) is 2.51. The molecule has 0 fully saturated rings. The third kappa shape index (κ3) is 10.3. The molecule has 0 unspecified atom stereocenters. The number of anilines is 1. The molecule has 1 aromatic heterocycles. The molecule has 0 saturated carbocycles. The predicted octanol–water partition coefficient (Wildman–Crippen LogP) is 5.71. The summed E-state index contributed by atoms with van der Waals surface area (Å²) in [6, 6.07) is 0. The van der Waals surface area contributed by atoms with Gasteiger partial charge in [0.15, 0.2) is 8.32 Å². The van der Waals surface area contributed by atoms with Crippen LogP contribution in [0.5, 0.6) is 0 Å². The van der Waals surface area contributed by atoms with Gasteiger partial charge in [0, 0.05) is 45.7 Å². The Kier molecular flexibility index (Phi) is 10.4. The Morgan fingerprint density at radius 2 is 1.58 bits per heavy atom. The minimum atomic E-state index is -1.75. The van der Waals surface area contributed by atoms with E-state index < -0.39 is 13.9 Å². The molecule has 31 heavy (non-hydrogen) atoms. The number of carbonyl (C=O) groups is 1. The van der Waals surface area contributed by atoms with Gasteiger partial charge in [-0.2, -0.15) is 0 Å². The lowest BCUT2D eigenvalue weighted by Gasteiger charge is -2.36. The van der Waals surface area contributed by atoms with Gasteiger partial charge in [-0.3, -0.25) is 0 Å². The summed E-state index contributed by atoms with van der Waals surface area (Å²) >= 11 is 3.39. The monoisotopic (exact) mass is 516 g/mol. The highest BCUT2D eigenvalue weighted by molar-refractivity contribution is 9.10. The van der Waals surface area contributed by atoms with Crippen molar-refractivity contribution in [2.45, 2.75) is 78.1 Å². The van der Waals surface area contributed by atoms with Gasteiger partial charge < -0.3 is 19.0 Å². The highest BCUT2D eigenvalue weighted by Crippen LogP contribution is 2.36. The molecule has 1 amide bonds. The summed E-state index contributed by atoms with van der Waals surface area (Å²) in [5, 5.41) is 0.202.